The van der Waals surface area contributed by atoms with Crippen LogP contribution in [-0.2, 0) is 6.54 Å². The molecule has 0 aliphatic carbocycles. The fraction of sp³-hybridized carbons (Fsp3) is 0.118. The Labute approximate surface area is 134 Å². The summed E-state index contributed by atoms with van der Waals surface area (Å²) in [4.78, 5) is 16.2. The molecule has 0 radical (unpaired) electrons. The van der Waals surface area contributed by atoms with Crippen molar-refractivity contribution >= 4 is 10.9 Å². The van der Waals surface area contributed by atoms with Crippen LogP contribution in [0.15, 0.2) is 47.3 Å². The first kappa shape index (κ1) is 15.7. The molecule has 0 fully saturated rings. The van der Waals surface area contributed by atoms with E-state index in [9.17, 15) is 18.0 Å². The minimum atomic E-state index is -4.59. The van der Waals surface area contributed by atoms with Gasteiger partial charge in [-0.1, -0.05) is 30.3 Å². The zero-order chi connectivity index (χ0) is 17.3. The Balaban J connectivity index is 2.47. The molecule has 120 valence electrons. The summed E-state index contributed by atoms with van der Waals surface area (Å²) in [6.07, 6.45) is -4.59. The summed E-state index contributed by atoms with van der Waals surface area (Å²) in [7, 11) is 0. The van der Waals surface area contributed by atoms with Gasteiger partial charge in [-0.2, -0.15) is 13.2 Å². The molecule has 3 aromatic rings. The molecule has 0 saturated heterocycles. The van der Waals surface area contributed by atoms with Crippen LogP contribution in [0.4, 0.5) is 13.2 Å². The van der Waals surface area contributed by atoms with Gasteiger partial charge in [-0.15, -0.1) is 0 Å². The highest BCUT2D eigenvalue weighted by Gasteiger charge is 2.29. The van der Waals surface area contributed by atoms with Gasteiger partial charge >= 0.3 is 6.18 Å². The molecule has 0 aliphatic heterocycles. The highest BCUT2D eigenvalue weighted by molar-refractivity contribution is 5.91. The Morgan fingerprint density at radius 1 is 1.17 bits per heavy atom. The molecule has 1 aromatic heterocycles. The van der Waals surface area contributed by atoms with Gasteiger partial charge in [0.15, 0.2) is 0 Å². The molecule has 0 unspecified atom stereocenters. The maximum Gasteiger partial charge on any atom is 0.406 e. The molecule has 3 rings (SSSR count). The Bertz CT molecular complexity index is 1010. The molecule has 0 amide bonds. The maximum absolute atomic E-state index is 12.9. The second-order valence-electron chi connectivity index (χ2n) is 5.05. The Morgan fingerprint density at radius 3 is 2.58 bits per heavy atom. The van der Waals surface area contributed by atoms with Crippen LogP contribution in [0, 0.1) is 17.5 Å². The normalized spacial score (nSPS) is 11.3. The third kappa shape index (κ3) is 2.99. The summed E-state index contributed by atoms with van der Waals surface area (Å²) < 4.78 is 39.2. The van der Waals surface area contributed by atoms with Gasteiger partial charge in [-0.05, 0) is 24.3 Å². The Kier molecular flexibility index (Phi) is 3.81. The molecule has 24 heavy (non-hydrogen) atoms. The summed E-state index contributed by atoms with van der Waals surface area (Å²) in [6, 6.07) is 16.4. The predicted octanol–water partition coefficient (Wildman–Crippen LogP) is 2.71. The van der Waals surface area contributed by atoms with Gasteiger partial charge < -0.3 is 0 Å². The number of aromatic nitrogens is 2. The maximum atomic E-state index is 12.9. The van der Waals surface area contributed by atoms with E-state index < -0.39 is 23.8 Å². The van der Waals surface area contributed by atoms with E-state index in [0.717, 1.165) is 0 Å². The number of alkyl halides is 3. The number of hydrogen-bond acceptors (Lipinski definition) is 3. The van der Waals surface area contributed by atoms with Gasteiger partial charge in [0.1, 0.15) is 6.54 Å². The molecule has 1 heterocycles. The first-order chi connectivity index (χ1) is 11.4. The lowest BCUT2D eigenvalue weighted by Gasteiger charge is -2.10. The summed E-state index contributed by atoms with van der Waals surface area (Å²) >= 11 is 0. The molecule has 2 aromatic carbocycles. The monoisotopic (exact) mass is 329 g/mol. The molecule has 7 heteroatoms. The Morgan fingerprint density at radius 2 is 1.92 bits per heavy atom. The summed E-state index contributed by atoms with van der Waals surface area (Å²) in [6.45, 7) is -1.48. The third-order valence-electron chi connectivity index (χ3n) is 3.39. The second-order valence-corrected chi connectivity index (χ2v) is 5.05. The third-order valence-corrected chi connectivity index (χ3v) is 3.39. The van der Waals surface area contributed by atoms with Crippen LogP contribution in [0.1, 0.15) is 0 Å². The van der Waals surface area contributed by atoms with E-state index in [2.05, 4.69) is 17.1 Å². The summed E-state index contributed by atoms with van der Waals surface area (Å²) in [5.41, 5.74) is -1.00. The van der Waals surface area contributed by atoms with Crippen LogP contribution in [0.25, 0.3) is 22.2 Å². The first-order valence-corrected chi connectivity index (χ1v) is 6.90. The molecule has 0 bridgehead atoms. The van der Waals surface area contributed by atoms with Crippen molar-refractivity contribution in [3.63, 3.8) is 0 Å². The number of fused-ring (bicyclic) bond motifs is 1. The molecule has 4 nitrogen and oxygen atoms in total. The van der Waals surface area contributed by atoms with Crippen molar-refractivity contribution in [2.45, 2.75) is 12.7 Å². The highest BCUT2D eigenvalue weighted by atomic mass is 19.4. The average molecular weight is 329 g/mol. The number of nitrogens with one attached hydrogen (secondary N) is 1. The molecular weight excluding hydrogens is 319 g/mol. The molecule has 0 saturated carbocycles. The quantitative estimate of drug-likeness (QED) is 0.786. The summed E-state index contributed by atoms with van der Waals surface area (Å²) in [5.74, 6) is 0. The van der Waals surface area contributed by atoms with Crippen molar-refractivity contribution < 1.29 is 13.2 Å². The topological polar surface area (TPSA) is 58.7 Å². The van der Waals surface area contributed by atoms with E-state index in [1.807, 2.05) is 0 Å². The van der Waals surface area contributed by atoms with Crippen molar-refractivity contribution in [3.8, 4) is 11.3 Å². The second kappa shape index (κ2) is 5.81. The fourth-order valence-corrected chi connectivity index (χ4v) is 2.42. The van der Waals surface area contributed by atoms with E-state index in [1.165, 1.54) is 12.1 Å². The average Bonchev–Trinajstić information content (AvgIpc) is 2.65. The van der Waals surface area contributed by atoms with Crippen LogP contribution < -0.4 is 11.0 Å². The van der Waals surface area contributed by atoms with Gasteiger partial charge in [0, 0.05) is 10.9 Å². The largest absolute Gasteiger partial charge is 0.406 e. The zero-order valence-electron chi connectivity index (χ0n) is 12.2. The van der Waals surface area contributed by atoms with E-state index in [0.29, 0.717) is 15.5 Å². The molecular formula is C17H10F3N3O. The van der Waals surface area contributed by atoms with E-state index in [4.69, 9.17) is 5.41 Å². The van der Waals surface area contributed by atoms with E-state index in [-0.39, 0.29) is 11.2 Å². The molecule has 0 atom stereocenters. The number of halogens is 3. The summed E-state index contributed by atoms with van der Waals surface area (Å²) in [5, 5.41) is 8.11. The lowest BCUT2D eigenvalue weighted by Crippen LogP contribution is -2.36. The number of benzene rings is 1. The number of nitrogens with zero attached hydrogens (tertiary/aromatic N) is 2. The van der Waals surface area contributed by atoms with Crippen molar-refractivity contribution in [1.82, 2.24) is 9.55 Å². The van der Waals surface area contributed by atoms with Crippen LogP contribution in [0.2, 0.25) is 0 Å². The van der Waals surface area contributed by atoms with Crippen LogP contribution in [-0.4, -0.2) is 15.7 Å². The van der Waals surface area contributed by atoms with Crippen molar-refractivity contribution in [3.05, 3.63) is 70.4 Å². The molecule has 0 spiro atoms. The highest BCUT2D eigenvalue weighted by Crippen LogP contribution is 2.25. The van der Waals surface area contributed by atoms with E-state index in [1.54, 1.807) is 30.3 Å². The van der Waals surface area contributed by atoms with Crippen LogP contribution >= 0.6 is 0 Å². The SMILES string of the molecule is N=c1nc(-c2cc#ccc2)c2ccccc2n(CC(F)(F)F)c1=O. The van der Waals surface area contributed by atoms with Gasteiger partial charge in [0.25, 0.3) is 5.56 Å². The van der Waals surface area contributed by atoms with Gasteiger partial charge in [0.05, 0.1) is 11.2 Å². The zero-order valence-corrected chi connectivity index (χ0v) is 12.2. The van der Waals surface area contributed by atoms with E-state index >= 15 is 0 Å². The number of rotatable bonds is 2. The molecule has 1 N–H and O–H groups in total. The smallest absolute Gasteiger partial charge is 0.296 e. The lowest BCUT2D eigenvalue weighted by atomic mass is 10.1. The van der Waals surface area contributed by atoms with Gasteiger partial charge in [0.2, 0.25) is 5.49 Å². The van der Waals surface area contributed by atoms with Gasteiger partial charge in [-0.25, -0.2) is 4.98 Å². The first-order valence-electron chi connectivity index (χ1n) is 6.90. The predicted molar refractivity (Wildman–Crippen MR) is 81.0 cm³/mol. The number of para-hydroxylation sites is 1. The van der Waals surface area contributed by atoms with Crippen molar-refractivity contribution in [2.75, 3.05) is 0 Å². The minimum Gasteiger partial charge on any atom is -0.296 e. The molecule has 0 aliphatic rings. The van der Waals surface area contributed by atoms with Crippen LogP contribution in [0.5, 0.6) is 0 Å². The van der Waals surface area contributed by atoms with Crippen molar-refractivity contribution in [2.24, 2.45) is 0 Å². The minimum absolute atomic E-state index is 0.0636. The van der Waals surface area contributed by atoms with Crippen molar-refractivity contribution in [1.29, 1.82) is 5.41 Å². The standard InChI is InChI=1S/C17H10F3N3O/c18-17(19,20)10-23-13-9-5-4-8-12(13)14(22-15(21)16(23)24)11-6-2-1-3-7-11/h2,4-9,21H,10H2. The Hall–Kier alpha value is -3.14. The van der Waals surface area contributed by atoms with Gasteiger partial charge in [-0.3, -0.25) is 14.8 Å². The van der Waals surface area contributed by atoms with Crippen LogP contribution in [0.3, 0.4) is 0 Å². The number of hydrogen-bond donors (Lipinski definition) is 1. The fourth-order valence-electron chi connectivity index (χ4n) is 2.42. The lowest BCUT2D eigenvalue weighted by molar-refractivity contribution is -0.140.